The molecular formula is C7H11F2N3O. The molecule has 13 heavy (non-hydrogen) atoms. The Morgan fingerprint density at radius 1 is 1.62 bits per heavy atom. The Morgan fingerprint density at radius 3 is 2.62 bits per heavy atom. The first kappa shape index (κ1) is 9.76. The van der Waals surface area contributed by atoms with Gasteiger partial charge in [-0.05, 0) is 6.92 Å². The standard InChI is InChI=1S/C7H11F2N3O/c1-4-6(10)7(12(2)11-4)13-3-5(8)9/h5H,3,10H2,1-2H3. The van der Waals surface area contributed by atoms with Crippen LogP contribution in [0.3, 0.4) is 0 Å². The van der Waals surface area contributed by atoms with E-state index in [1.54, 1.807) is 14.0 Å². The zero-order valence-corrected chi connectivity index (χ0v) is 7.42. The van der Waals surface area contributed by atoms with Crippen LogP contribution in [-0.2, 0) is 7.05 Å². The molecule has 0 amide bonds. The largest absolute Gasteiger partial charge is 0.470 e. The van der Waals surface area contributed by atoms with E-state index in [-0.39, 0.29) is 5.88 Å². The molecule has 0 saturated carbocycles. The molecule has 0 aliphatic carbocycles. The third-order valence-corrected chi connectivity index (χ3v) is 1.56. The van der Waals surface area contributed by atoms with E-state index < -0.39 is 13.0 Å². The Bertz CT molecular complexity index is 298. The summed E-state index contributed by atoms with van der Waals surface area (Å²) in [5.41, 5.74) is 6.42. The van der Waals surface area contributed by atoms with E-state index in [1.165, 1.54) is 4.68 Å². The number of hydrogen-bond donors (Lipinski definition) is 1. The van der Waals surface area contributed by atoms with Crippen molar-refractivity contribution in [1.82, 2.24) is 9.78 Å². The van der Waals surface area contributed by atoms with Crippen molar-refractivity contribution in [2.45, 2.75) is 13.3 Å². The Hall–Kier alpha value is -1.33. The fraction of sp³-hybridized carbons (Fsp3) is 0.571. The van der Waals surface area contributed by atoms with Crippen LogP contribution in [0.2, 0.25) is 0 Å². The molecule has 0 aliphatic heterocycles. The monoisotopic (exact) mass is 191 g/mol. The summed E-state index contributed by atoms with van der Waals surface area (Å²) in [6.45, 7) is 1.02. The Labute approximate surface area is 74.3 Å². The van der Waals surface area contributed by atoms with E-state index in [4.69, 9.17) is 10.5 Å². The number of halogens is 2. The maximum Gasteiger partial charge on any atom is 0.272 e. The van der Waals surface area contributed by atoms with Gasteiger partial charge in [-0.25, -0.2) is 13.5 Å². The van der Waals surface area contributed by atoms with Gasteiger partial charge in [0.2, 0.25) is 5.88 Å². The summed E-state index contributed by atoms with van der Waals surface area (Å²) < 4.78 is 29.7. The van der Waals surface area contributed by atoms with E-state index in [0.29, 0.717) is 11.4 Å². The number of hydrogen-bond acceptors (Lipinski definition) is 3. The maximum atomic E-state index is 11.8. The average Bonchev–Trinajstić information content (AvgIpc) is 2.24. The van der Waals surface area contributed by atoms with E-state index in [1.807, 2.05) is 0 Å². The van der Waals surface area contributed by atoms with Crippen LogP contribution in [0.15, 0.2) is 0 Å². The van der Waals surface area contributed by atoms with Gasteiger partial charge in [0.05, 0.1) is 5.69 Å². The number of aromatic nitrogens is 2. The summed E-state index contributed by atoms with van der Waals surface area (Å²) in [5.74, 6) is 0.192. The van der Waals surface area contributed by atoms with Gasteiger partial charge in [0, 0.05) is 7.05 Å². The quantitative estimate of drug-likeness (QED) is 0.774. The van der Waals surface area contributed by atoms with Gasteiger partial charge in [-0.15, -0.1) is 0 Å². The molecule has 74 valence electrons. The predicted molar refractivity (Wildman–Crippen MR) is 43.9 cm³/mol. The normalized spacial score (nSPS) is 10.8. The number of nitrogens with zero attached hydrogens (tertiary/aromatic N) is 2. The molecule has 0 saturated heterocycles. The van der Waals surface area contributed by atoms with Crippen LogP contribution < -0.4 is 10.5 Å². The Balaban J connectivity index is 2.76. The van der Waals surface area contributed by atoms with E-state index in [9.17, 15) is 8.78 Å². The molecule has 2 N–H and O–H groups in total. The molecule has 0 bridgehead atoms. The van der Waals surface area contributed by atoms with Crippen LogP contribution in [0.5, 0.6) is 5.88 Å². The van der Waals surface area contributed by atoms with Gasteiger partial charge in [0.1, 0.15) is 5.69 Å². The zero-order valence-electron chi connectivity index (χ0n) is 7.42. The van der Waals surface area contributed by atoms with Gasteiger partial charge in [-0.2, -0.15) is 5.10 Å². The minimum absolute atomic E-state index is 0.192. The first-order valence-electron chi connectivity index (χ1n) is 3.72. The molecule has 1 aromatic rings. The van der Waals surface area contributed by atoms with Crippen molar-refractivity contribution in [3.8, 4) is 5.88 Å². The maximum absolute atomic E-state index is 11.8. The molecule has 1 rings (SSSR count). The van der Waals surface area contributed by atoms with Crippen LogP contribution in [-0.4, -0.2) is 22.8 Å². The minimum Gasteiger partial charge on any atom is -0.470 e. The summed E-state index contributed by atoms with van der Waals surface area (Å²) in [4.78, 5) is 0. The molecule has 0 radical (unpaired) electrons. The fourth-order valence-electron chi connectivity index (χ4n) is 0.966. The number of ether oxygens (including phenoxy) is 1. The highest BCUT2D eigenvalue weighted by Gasteiger charge is 2.13. The lowest BCUT2D eigenvalue weighted by atomic mass is 10.4. The number of nitrogen functional groups attached to an aromatic ring is 1. The molecule has 6 heteroatoms. The Morgan fingerprint density at radius 2 is 2.23 bits per heavy atom. The number of aryl methyl sites for hydroxylation is 2. The van der Waals surface area contributed by atoms with Crippen LogP contribution >= 0.6 is 0 Å². The lowest BCUT2D eigenvalue weighted by molar-refractivity contribution is 0.0778. The molecule has 4 nitrogen and oxygen atoms in total. The topological polar surface area (TPSA) is 53.1 Å². The minimum atomic E-state index is -2.50. The highest BCUT2D eigenvalue weighted by Crippen LogP contribution is 2.23. The highest BCUT2D eigenvalue weighted by molar-refractivity contribution is 5.52. The second-order valence-electron chi connectivity index (χ2n) is 2.63. The third-order valence-electron chi connectivity index (χ3n) is 1.56. The number of anilines is 1. The van der Waals surface area contributed by atoms with Crippen molar-refractivity contribution in [2.75, 3.05) is 12.3 Å². The lowest BCUT2D eigenvalue weighted by Gasteiger charge is -2.05. The van der Waals surface area contributed by atoms with Gasteiger partial charge in [0.15, 0.2) is 6.61 Å². The zero-order chi connectivity index (χ0) is 10.0. The fourth-order valence-corrected chi connectivity index (χ4v) is 0.966. The van der Waals surface area contributed by atoms with Gasteiger partial charge in [-0.3, -0.25) is 0 Å². The average molecular weight is 191 g/mol. The van der Waals surface area contributed by atoms with Crippen LogP contribution in [0, 0.1) is 6.92 Å². The SMILES string of the molecule is Cc1nn(C)c(OCC(F)F)c1N. The second-order valence-corrected chi connectivity index (χ2v) is 2.63. The van der Waals surface area contributed by atoms with Crippen LogP contribution in [0.4, 0.5) is 14.5 Å². The molecule has 0 aliphatic rings. The lowest BCUT2D eigenvalue weighted by Crippen LogP contribution is -2.10. The van der Waals surface area contributed by atoms with E-state index >= 15 is 0 Å². The molecule has 1 heterocycles. The summed E-state index contributed by atoms with van der Waals surface area (Å²) in [6, 6.07) is 0. The van der Waals surface area contributed by atoms with Gasteiger partial charge in [0.25, 0.3) is 6.43 Å². The van der Waals surface area contributed by atoms with Crippen molar-refractivity contribution < 1.29 is 13.5 Å². The van der Waals surface area contributed by atoms with Crippen LogP contribution in [0.1, 0.15) is 5.69 Å². The molecule has 1 aromatic heterocycles. The van der Waals surface area contributed by atoms with Crippen molar-refractivity contribution in [3.05, 3.63) is 5.69 Å². The summed E-state index contributed by atoms with van der Waals surface area (Å²) >= 11 is 0. The summed E-state index contributed by atoms with van der Waals surface area (Å²) in [7, 11) is 1.59. The highest BCUT2D eigenvalue weighted by atomic mass is 19.3. The molecule has 0 unspecified atom stereocenters. The number of nitrogens with two attached hydrogens (primary N) is 1. The predicted octanol–water partition coefficient (Wildman–Crippen LogP) is 0.955. The summed E-state index contributed by atoms with van der Waals surface area (Å²) in [5, 5.41) is 3.91. The molecule has 0 spiro atoms. The van der Waals surface area contributed by atoms with Crippen molar-refractivity contribution in [1.29, 1.82) is 0 Å². The van der Waals surface area contributed by atoms with Gasteiger partial charge < -0.3 is 10.5 Å². The van der Waals surface area contributed by atoms with E-state index in [0.717, 1.165) is 0 Å². The van der Waals surface area contributed by atoms with Crippen molar-refractivity contribution in [3.63, 3.8) is 0 Å². The van der Waals surface area contributed by atoms with Crippen molar-refractivity contribution in [2.24, 2.45) is 7.05 Å². The smallest absolute Gasteiger partial charge is 0.272 e. The molecule has 0 aromatic carbocycles. The summed E-state index contributed by atoms with van der Waals surface area (Å²) in [6.07, 6.45) is -2.50. The molecular weight excluding hydrogens is 180 g/mol. The van der Waals surface area contributed by atoms with Gasteiger partial charge >= 0.3 is 0 Å². The number of rotatable bonds is 3. The second kappa shape index (κ2) is 3.59. The number of alkyl halides is 2. The van der Waals surface area contributed by atoms with E-state index in [2.05, 4.69) is 5.10 Å². The van der Waals surface area contributed by atoms with Crippen molar-refractivity contribution >= 4 is 5.69 Å². The third kappa shape index (κ3) is 2.07. The first-order valence-corrected chi connectivity index (χ1v) is 3.72. The Kier molecular flexibility index (Phi) is 2.69. The molecule has 0 atom stereocenters. The molecule has 0 fully saturated rings. The van der Waals surface area contributed by atoms with Gasteiger partial charge in [-0.1, -0.05) is 0 Å². The van der Waals surface area contributed by atoms with Crippen LogP contribution in [0.25, 0.3) is 0 Å². The first-order chi connectivity index (χ1) is 6.02.